The van der Waals surface area contributed by atoms with Gasteiger partial charge in [-0.05, 0) is 78.2 Å². The highest BCUT2D eigenvalue weighted by Gasteiger charge is 2.22. The first kappa shape index (κ1) is 24.1. The molecule has 1 heterocycles. The average molecular weight is 379 g/mol. The van der Waals surface area contributed by atoms with Crippen LogP contribution in [0.15, 0.2) is 9.98 Å². The molecule has 1 saturated heterocycles. The summed E-state index contributed by atoms with van der Waals surface area (Å²) in [6.45, 7) is 13.8. The maximum atomic E-state index is 5.82. The molecule has 0 aromatic carbocycles. The van der Waals surface area contributed by atoms with E-state index in [1.165, 1.54) is 64.2 Å². The molecule has 0 spiro atoms. The molecule has 0 aromatic heterocycles. The van der Waals surface area contributed by atoms with Gasteiger partial charge in [0.25, 0.3) is 0 Å². The van der Waals surface area contributed by atoms with Crippen molar-refractivity contribution >= 4 is 11.7 Å². The number of amidine groups is 2. The van der Waals surface area contributed by atoms with E-state index < -0.39 is 0 Å². The van der Waals surface area contributed by atoms with Crippen LogP contribution in [0.2, 0.25) is 0 Å². The molecule has 1 aliphatic heterocycles. The molecule has 2 N–H and O–H groups in total. The highest BCUT2D eigenvalue weighted by molar-refractivity contribution is 5.94. The van der Waals surface area contributed by atoms with Gasteiger partial charge in [-0.1, -0.05) is 39.0 Å². The third-order valence-corrected chi connectivity index (χ3v) is 5.86. The predicted octanol–water partition coefficient (Wildman–Crippen LogP) is 5.66. The second-order valence-electron chi connectivity index (χ2n) is 8.65. The molecule has 4 heteroatoms. The molecule has 1 rings (SSSR count). The quantitative estimate of drug-likeness (QED) is 0.459. The molecule has 1 fully saturated rings. The molecule has 0 saturated carbocycles. The summed E-state index contributed by atoms with van der Waals surface area (Å²) in [6.07, 6.45) is 13.3. The molecule has 1 aliphatic rings. The fourth-order valence-corrected chi connectivity index (χ4v) is 4.47. The zero-order valence-electron chi connectivity index (χ0n) is 18.8. The van der Waals surface area contributed by atoms with Crippen LogP contribution in [0.1, 0.15) is 98.8 Å². The molecule has 158 valence electrons. The van der Waals surface area contributed by atoms with Crippen LogP contribution in [-0.2, 0) is 0 Å². The number of nitrogens with zero attached hydrogens (tertiary/aromatic N) is 3. The Morgan fingerprint density at radius 1 is 1.00 bits per heavy atom. The lowest BCUT2D eigenvalue weighted by molar-refractivity contribution is 0.223. The average Bonchev–Trinajstić information content (AvgIpc) is 2.61. The van der Waals surface area contributed by atoms with Crippen molar-refractivity contribution in [3.05, 3.63) is 0 Å². The van der Waals surface area contributed by atoms with Gasteiger partial charge in [0.1, 0.15) is 11.7 Å². The number of rotatable bonds is 7. The Bertz CT molecular complexity index is 442. The van der Waals surface area contributed by atoms with Crippen LogP contribution >= 0.6 is 0 Å². The van der Waals surface area contributed by atoms with Gasteiger partial charge in [-0.25, -0.2) is 4.99 Å². The minimum atomic E-state index is 0.309. The molecular formula is C23H46N4. The first-order chi connectivity index (χ1) is 13.0. The summed E-state index contributed by atoms with van der Waals surface area (Å²) in [5.41, 5.74) is 5.82. The monoisotopic (exact) mass is 378 g/mol. The van der Waals surface area contributed by atoms with Crippen molar-refractivity contribution in [2.75, 3.05) is 19.6 Å². The van der Waals surface area contributed by atoms with Crippen LogP contribution in [0.25, 0.3) is 0 Å². The Kier molecular flexibility index (Phi) is 12.6. The summed E-state index contributed by atoms with van der Waals surface area (Å²) in [4.78, 5) is 11.8. The molecule has 4 nitrogen and oxygen atoms in total. The lowest BCUT2D eigenvalue weighted by Crippen LogP contribution is -2.33. The van der Waals surface area contributed by atoms with E-state index in [4.69, 9.17) is 10.7 Å². The Balaban J connectivity index is 2.73. The van der Waals surface area contributed by atoms with E-state index in [0.717, 1.165) is 43.1 Å². The van der Waals surface area contributed by atoms with Gasteiger partial charge in [0.2, 0.25) is 0 Å². The number of nitrogens with two attached hydrogens (primary N) is 1. The largest absolute Gasteiger partial charge is 0.360 e. The summed E-state index contributed by atoms with van der Waals surface area (Å²) in [5.74, 6) is 3.82. The smallest absolute Gasteiger partial charge is 0.122 e. The predicted molar refractivity (Wildman–Crippen MR) is 121 cm³/mol. The van der Waals surface area contributed by atoms with Crippen LogP contribution in [0.5, 0.6) is 0 Å². The van der Waals surface area contributed by atoms with E-state index in [9.17, 15) is 0 Å². The SMILES string of the molecule is CCCCC1CCCCN(/C(C)=N/C(C)=N\C(C)C)CCCC1CCCN. The Hall–Kier alpha value is -0.900. The normalized spacial score (nSPS) is 23.7. The lowest BCUT2D eigenvalue weighted by Gasteiger charge is -2.32. The van der Waals surface area contributed by atoms with Gasteiger partial charge in [0.15, 0.2) is 0 Å². The zero-order valence-corrected chi connectivity index (χ0v) is 18.8. The van der Waals surface area contributed by atoms with Crippen molar-refractivity contribution in [2.24, 2.45) is 27.6 Å². The van der Waals surface area contributed by atoms with Gasteiger partial charge in [-0.15, -0.1) is 0 Å². The minimum Gasteiger partial charge on any atom is -0.360 e. The fraction of sp³-hybridized carbons (Fsp3) is 0.913. The van der Waals surface area contributed by atoms with Crippen molar-refractivity contribution in [2.45, 2.75) is 105 Å². The third-order valence-electron chi connectivity index (χ3n) is 5.86. The first-order valence-corrected chi connectivity index (χ1v) is 11.5. The summed E-state index contributed by atoms with van der Waals surface area (Å²) in [5, 5.41) is 0. The Morgan fingerprint density at radius 2 is 1.63 bits per heavy atom. The Labute approximate surface area is 169 Å². The number of aliphatic imine (C=N–C) groups is 2. The van der Waals surface area contributed by atoms with Crippen LogP contribution in [-0.4, -0.2) is 42.2 Å². The van der Waals surface area contributed by atoms with Crippen molar-refractivity contribution < 1.29 is 0 Å². The maximum Gasteiger partial charge on any atom is 0.122 e. The van der Waals surface area contributed by atoms with E-state index in [2.05, 4.69) is 37.6 Å². The maximum absolute atomic E-state index is 5.82. The summed E-state index contributed by atoms with van der Waals surface area (Å²) in [6, 6.07) is 0.309. The Morgan fingerprint density at radius 3 is 2.26 bits per heavy atom. The zero-order chi connectivity index (χ0) is 20.1. The molecular weight excluding hydrogens is 332 g/mol. The summed E-state index contributed by atoms with van der Waals surface area (Å²) in [7, 11) is 0. The second-order valence-corrected chi connectivity index (χ2v) is 8.65. The van der Waals surface area contributed by atoms with Crippen molar-refractivity contribution in [1.29, 1.82) is 0 Å². The molecule has 0 bridgehead atoms. The summed E-state index contributed by atoms with van der Waals surface area (Å²) < 4.78 is 0. The van der Waals surface area contributed by atoms with E-state index in [-0.39, 0.29) is 0 Å². The van der Waals surface area contributed by atoms with E-state index in [1.54, 1.807) is 0 Å². The van der Waals surface area contributed by atoms with Gasteiger partial charge in [0, 0.05) is 19.1 Å². The molecule has 0 aromatic rings. The van der Waals surface area contributed by atoms with Crippen LogP contribution < -0.4 is 5.73 Å². The van der Waals surface area contributed by atoms with Gasteiger partial charge in [0.05, 0.1) is 0 Å². The summed E-state index contributed by atoms with van der Waals surface area (Å²) >= 11 is 0. The lowest BCUT2D eigenvalue weighted by atomic mass is 9.78. The third kappa shape index (κ3) is 10.3. The van der Waals surface area contributed by atoms with Gasteiger partial charge in [-0.2, -0.15) is 0 Å². The van der Waals surface area contributed by atoms with Crippen LogP contribution in [0, 0.1) is 11.8 Å². The first-order valence-electron chi connectivity index (χ1n) is 11.5. The van der Waals surface area contributed by atoms with Gasteiger partial charge < -0.3 is 10.6 Å². The van der Waals surface area contributed by atoms with E-state index in [1.807, 2.05) is 6.92 Å². The van der Waals surface area contributed by atoms with Gasteiger partial charge in [-0.3, -0.25) is 4.99 Å². The second kappa shape index (κ2) is 14.1. The van der Waals surface area contributed by atoms with E-state index in [0.29, 0.717) is 6.04 Å². The van der Waals surface area contributed by atoms with Crippen molar-refractivity contribution in [1.82, 2.24) is 4.90 Å². The highest BCUT2D eigenvalue weighted by atomic mass is 15.2. The van der Waals surface area contributed by atoms with Gasteiger partial charge >= 0.3 is 0 Å². The van der Waals surface area contributed by atoms with E-state index >= 15 is 0 Å². The standard InChI is InChI=1S/C23H46N4/c1-6-7-12-22-13-8-9-17-27(18-11-15-23(22)14-10-16-24)21(5)26-20(4)25-19(2)3/h19,22-23H,6-18,24H2,1-5H3/b25-20-,26-21+. The highest BCUT2D eigenvalue weighted by Crippen LogP contribution is 2.32. The molecule has 2 unspecified atom stereocenters. The molecule has 27 heavy (non-hydrogen) atoms. The number of hydrogen-bond donors (Lipinski definition) is 1. The van der Waals surface area contributed by atoms with Crippen LogP contribution in [0.4, 0.5) is 0 Å². The molecule has 2 atom stereocenters. The molecule has 0 radical (unpaired) electrons. The molecule has 0 amide bonds. The van der Waals surface area contributed by atoms with Crippen LogP contribution in [0.3, 0.4) is 0 Å². The minimum absolute atomic E-state index is 0.309. The van der Waals surface area contributed by atoms with Crippen molar-refractivity contribution in [3.63, 3.8) is 0 Å². The molecule has 0 aliphatic carbocycles. The fourth-order valence-electron chi connectivity index (χ4n) is 4.47. The van der Waals surface area contributed by atoms with Crippen molar-refractivity contribution in [3.8, 4) is 0 Å². The topological polar surface area (TPSA) is 54.0 Å². The number of unbranched alkanes of at least 4 members (excludes halogenated alkanes) is 1. The number of hydrogen-bond acceptors (Lipinski definition) is 2.